The fourth-order valence-corrected chi connectivity index (χ4v) is 1.47. The van der Waals surface area contributed by atoms with Gasteiger partial charge in [-0.15, -0.1) is 0 Å². The van der Waals surface area contributed by atoms with Crippen molar-refractivity contribution >= 4 is 34.9 Å². The molecule has 0 saturated heterocycles. The average Bonchev–Trinajstić information content (AvgIpc) is 2.84. The third kappa shape index (κ3) is 3.19. The molecule has 19 heavy (non-hydrogen) atoms. The number of nitro benzene ring substituents is 1. The van der Waals surface area contributed by atoms with E-state index in [1.165, 1.54) is 24.4 Å². The van der Waals surface area contributed by atoms with Crippen molar-refractivity contribution in [3.05, 3.63) is 45.6 Å². The molecular formula is C10H7ClN4O4. The van der Waals surface area contributed by atoms with Crippen molar-refractivity contribution in [1.82, 2.24) is 5.16 Å². The Kier molecular flexibility index (Phi) is 3.62. The maximum atomic E-state index is 11.5. The number of carbonyl (C=O) groups is 1. The zero-order valence-corrected chi connectivity index (χ0v) is 10.0. The molecule has 9 heteroatoms. The molecule has 1 heterocycles. The number of aromatic nitrogens is 1. The van der Waals surface area contributed by atoms with Crippen molar-refractivity contribution in [2.24, 2.45) is 0 Å². The summed E-state index contributed by atoms with van der Waals surface area (Å²) in [5, 5.41) is 18.8. The van der Waals surface area contributed by atoms with E-state index in [1.54, 1.807) is 0 Å². The molecule has 8 nitrogen and oxygen atoms in total. The van der Waals surface area contributed by atoms with Crippen LogP contribution in [0.25, 0.3) is 0 Å². The van der Waals surface area contributed by atoms with Gasteiger partial charge in [0, 0.05) is 17.8 Å². The Bertz CT molecular complexity index is 614. The molecule has 0 aliphatic rings. The Balaban J connectivity index is 2.09. The molecule has 2 aromatic rings. The summed E-state index contributed by atoms with van der Waals surface area (Å²) in [4.78, 5) is 21.6. The summed E-state index contributed by atoms with van der Waals surface area (Å²) in [5.41, 5.74) is -0.0627. The number of nitrogens with one attached hydrogen (secondary N) is 2. The lowest BCUT2D eigenvalue weighted by Gasteiger charge is -2.05. The molecule has 0 bridgehead atoms. The molecule has 0 saturated carbocycles. The molecule has 0 atom stereocenters. The second-order valence-corrected chi connectivity index (χ2v) is 3.79. The van der Waals surface area contributed by atoms with Gasteiger partial charge in [0.2, 0.25) is 5.88 Å². The smallest absolute Gasteiger partial charge is 0.326 e. The van der Waals surface area contributed by atoms with E-state index in [-0.39, 0.29) is 22.3 Å². The van der Waals surface area contributed by atoms with Crippen molar-refractivity contribution in [1.29, 1.82) is 0 Å². The lowest BCUT2D eigenvalue weighted by molar-refractivity contribution is -0.384. The van der Waals surface area contributed by atoms with Gasteiger partial charge in [0.15, 0.2) is 0 Å². The number of benzene rings is 1. The topological polar surface area (TPSA) is 110 Å². The lowest BCUT2D eigenvalue weighted by Crippen LogP contribution is -2.19. The van der Waals surface area contributed by atoms with E-state index in [4.69, 9.17) is 11.6 Å². The van der Waals surface area contributed by atoms with Gasteiger partial charge in [0.25, 0.3) is 5.69 Å². The maximum Gasteiger partial charge on any atom is 0.326 e. The number of nitro groups is 1. The first kappa shape index (κ1) is 12.8. The molecule has 0 aliphatic heterocycles. The third-order valence-electron chi connectivity index (χ3n) is 2.08. The van der Waals surface area contributed by atoms with Gasteiger partial charge in [0.05, 0.1) is 11.1 Å². The summed E-state index contributed by atoms with van der Waals surface area (Å²) in [6.07, 6.45) is 1.36. The SMILES string of the molecule is O=C(Nc1ccc(Cl)c([N+](=O)[O-])c1)Nc1ccno1. The predicted octanol–water partition coefficient (Wildman–Crippen LogP) is 2.88. The van der Waals surface area contributed by atoms with Crippen LogP contribution in [0.1, 0.15) is 0 Å². The minimum atomic E-state index is -0.637. The molecule has 0 radical (unpaired) electrons. The number of hydrogen-bond acceptors (Lipinski definition) is 5. The van der Waals surface area contributed by atoms with Gasteiger partial charge in [-0.3, -0.25) is 15.4 Å². The van der Waals surface area contributed by atoms with E-state index >= 15 is 0 Å². The van der Waals surface area contributed by atoms with Gasteiger partial charge in [-0.2, -0.15) is 0 Å². The second kappa shape index (κ2) is 5.36. The monoisotopic (exact) mass is 282 g/mol. The van der Waals surface area contributed by atoms with E-state index in [1.807, 2.05) is 0 Å². The van der Waals surface area contributed by atoms with Gasteiger partial charge in [-0.1, -0.05) is 16.8 Å². The number of halogens is 1. The van der Waals surface area contributed by atoms with Crippen molar-refractivity contribution < 1.29 is 14.2 Å². The molecule has 0 aliphatic carbocycles. The Morgan fingerprint density at radius 1 is 1.37 bits per heavy atom. The van der Waals surface area contributed by atoms with Gasteiger partial charge < -0.3 is 9.84 Å². The molecule has 1 aromatic carbocycles. The van der Waals surface area contributed by atoms with Crippen LogP contribution in [0.5, 0.6) is 0 Å². The first-order valence-electron chi connectivity index (χ1n) is 4.99. The zero-order chi connectivity index (χ0) is 13.8. The molecule has 0 spiro atoms. The van der Waals surface area contributed by atoms with Crippen LogP contribution in [-0.2, 0) is 0 Å². The molecule has 1 aromatic heterocycles. The Labute approximate surface area is 111 Å². The van der Waals surface area contributed by atoms with Gasteiger partial charge >= 0.3 is 6.03 Å². The van der Waals surface area contributed by atoms with E-state index in [2.05, 4.69) is 20.3 Å². The number of urea groups is 1. The van der Waals surface area contributed by atoms with Crippen LogP contribution in [0.15, 0.2) is 35.0 Å². The van der Waals surface area contributed by atoms with E-state index in [0.717, 1.165) is 6.07 Å². The Morgan fingerprint density at radius 3 is 2.79 bits per heavy atom. The van der Waals surface area contributed by atoms with Crippen LogP contribution >= 0.6 is 11.6 Å². The standard InChI is InChI=1S/C10H7ClN4O4/c11-7-2-1-6(5-8(7)15(17)18)13-10(16)14-9-3-4-12-19-9/h1-5H,(H2,13,14,16). The van der Waals surface area contributed by atoms with Crippen molar-refractivity contribution in [3.8, 4) is 0 Å². The van der Waals surface area contributed by atoms with E-state index in [9.17, 15) is 14.9 Å². The highest BCUT2D eigenvalue weighted by Crippen LogP contribution is 2.27. The summed E-state index contributed by atoms with van der Waals surface area (Å²) in [6.45, 7) is 0. The summed E-state index contributed by atoms with van der Waals surface area (Å²) < 4.78 is 4.67. The summed E-state index contributed by atoms with van der Waals surface area (Å²) >= 11 is 5.65. The predicted molar refractivity (Wildman–Crippen MR) is 67.3 cm³/mol. The highest BCUT2D eigenvalue weighted by molar-refractivity contribution is 6.32. The zero-order valence-electron chi connectivity index (χ0n) is 9.29. The fraction of sp³-hybridized carbons (Fsp3) is 0. The number of hydrogen-bond donors (Lipinski definition) is 2. The molecule has 0 fully saturated rings. The van der Waals surface area contributed by atoms with Crippen molar-refractivity contribution in [2.75, 3.05) is 10.6 Å². The molecule has 2 N–H and O–H groups in total. The largest absolute Gasteiger partial charge is 0.338 e. The van der Waals surface area contributed by atoms with Crippen molar-refractivity contribution in [3.63, 3.8) is 0 Å². The normalized spacial score (nSPS) is 9.95. The van der Waals surface area contributed by atoms with Gasteiger partial charge in [-0.25, -0.2) is 4.79 Å². The highest BCUT2D eigenvalue weighted by atomic mass is 35.5. The minimum absolute atomic E-state index is 0.00815. The average molecular weight is 283 g/mol. The molecule has 2 amide bonds. The van der Waals surface area contributed by atoms with Gasteiger partial charge in [-0.05, 0) is 12.1 Å². The molecule has 98 valence electrons. The van der Waals surface area contributed by atoms with Crippen LogP contribution in [0.4, 0.5) is 22.1 Å². The van der Waals surface area contributed by atoms with Crippen molar-refractivity contribution in [2.45, 2.75) is 0 Å². The number of carbonyl (C=O) groups excluding carboxylic acids is 1. The summed E-state index contributed by atoms with van der Waals surface area (Å²) in [5.74, 6) is 0.154. The lowest BCUT2D eigenvalue weighted by atomic mass is 10.3. The first-order valence-corrected chi connectivity index (χ1v) is 5.36. The summed E-state index contributed by atoms with van der Waals surface area (Å²) in [6, 6.07) is 4.75. The van der Waals surface area contributed by atoms with Crippen LogP contribution < -0.4 is 10.6 Å². The van der Waals surface area contributed by atoms with Crippen LogP contribution in [-0.4, -0.2) is 16.1 Å². The second-order valence-electron chi connectivity index (χ2n) is 3.38. The number of anilines is 2. The number of rotatable bonds is 3. The first-order chi connectivity index (χ1) is 9.06. The molecule has 0 unspecified atom stereocenters. The van der Waals surface area contributed by atoms with Gasteiger partial charge in [0.1, 0.15) is 5.02 Å². The van der Waals surface area contributed by atoms with Crippen LogP contribution in [0.3, 0.4) is 0 Å². The summed E-state index contributed by atoms with van der Waals surface area (Å²) in [7, 11) is 0. The molecule has 2 rings (SSSR count). The quantitative estimate of drug-likeness (QED) is 0.664. The Morgan fingerprint density at radius 2 is 2.16 bits per heavy atom. The highest BCUT2D eigenvalue weighted by Gasteiger charge is 2.14. The Hall–Kier alpha value is -2.61. The van der Waals surface area contributed by atoms with Crippen LogP contribution in [0, 0.1) is 10.1 Å². The third-order valence-corrected chi connectivity index (χ3v) is 2.39. The van der Waals surface area contributed by atoms with E-state index < -0.39 is 11.0 Å². The maximum absolute atomic E-state index is 11.5. The minimum Gasteiger partial charge on any atom is -0.338 e. The molecular weight excluding hydrogens is 276 g/mol. The number of amides is 2. The number of nitrogens with zero attached hydrogens (tertiary/aromatic N) is 2. The fourth-order valence-electron chi connectivity index (χ4n) is 1.28. The van der Waals surface area contributed by atoms with E-state index in [0.29, 0.717) is 0 Å². The van der Waals surface area contributed by atoms with Crippen LogP contribution in [0.2, 0.25) is 5.02 Å².